The Morgan fingerprint density at radius 3 is 2.58 bits per heavy atom. The third kappa shape index (κ3) is 3.40. The van der Waals surface area contributed by atoms with E-state index in [0.717, 1.165) is 0 Å². The van der Waals surface area contributed by atoms with Crippen molar-refractivity contribution in [2.75, 3.05) is 6.54 Å². The van der Waals surface area contributed by atoms with Crippen LogP contribution in [0.5, 0.6) is 0 Å². The van der Waals surface area contributed by atoms with Crippen LogP contribution in [0.3, 0.4) is 0 Å². The Kier molecular flexibility index (Phi) is 4.82. The van der Waals surface area contributed by atoms with Gasteiger partial charge in [-0.25, -0.2) is 4.79 Å². The maximum Gasteiger partial charge on any atom is 0.315 e. The molecule has 1 aliphatic rings. The highest BCUT2D eigenvalue weighted by molar-refractivity contribution is 5.75. The number of aliphatic carboxylic acids is 1. The molecule has 1 rings (SSSR count). The minimum Gasteiger partial charge on any atom is -0.481 e. The highest BCUT2D eigenvalue weighted by atomic mass is 16.4. The first kappa shape index (κ1) is 15.4. The summed E-state index contributed by atoms with van der Waals surface area (Å²) in [6.45, 7) is 6.07. The van der Waals surface area contributed by atoms with Crippen molar-refractivity contribution in [3.63, 3.8) is 0 Å². The van der Waals surface area contributed by atoms with Crippen molar-refractivity contribution in [1.82, 2.24) is 10.6 Å². The lowest BCUT2D eigenvalue weighted by Crippen LogP contribution is -2.54. The van der Waals surface area contributed by atoms with Crippen LogP contribution in [0.15, 0.2) is 0 Å². The molecule has 0 saturated heterocycles. The van der Waals surface area contributed by atoms with Crippen molar-refractivity contribution in [2.24, 2.45) is 17.3 Å². The molecule has 0 aromatic heterocycles. The van der Waals surface area contributed by atoms with Gasteiger partial charge >= 0.3 is 12.0 Å². The number of carboxylic acids is 1. The lowest BCUT2D eigenvalue weighted by atomic mass is 9.61. The number of rotatable bonds is 3. The molecule has 0 spiro atoms. The van der Waals surface area contributed by atoms with Crippen molar-refractivity contribution in [3.05, 3.63) is 0 Å². The lowest BCUT2D eigenvalue weighted by Gasteiger charge is -2.46. The summed E-state index contributed by atoms with van der Waals surface area (Å²) >= 11 is 0. The van der Waals surface area contributed by atoms with Crippen LogP contribution in [-0.2, 0) is 4.79 Å². The number of hydrogen-bond acceptors (Lipinski definition) is 2. The Hall–Kier alpha value is -1.70. The first-order chi connectivity index (χ1) is 8.80. The van der Waals surface area contributed by atoms with E-state index < -0.39 is 5.97 Å². The van der Waals surface area contributed by atoms with Gasteiger partial charge in [-0.3, -0.25) is 4.79 Å². The van der Waals surface area contributed by atoms with Crippen LogP contribution in [0, 0.1) is 29.6 Å². The van der Waals surface area contributed by atoms with Crippen molar-refractivity contribution < 1.29 is 14.7 Å². The number of amides is 2. The summed E-state index contributed by atoms with van der Waals surface area (Å²) in [5.41, 5.74) is -0.353. The molecule has 3 unspecified atom stereocenters. The molecule has 106 valence electrons. The summed E-state index contributed by atoms with van der Waals surface area (Å²) in [5, 5.41) is 14.7. The van der Waals surface area contributed by atoms with Crippen molar-refractivity contribution in [2.45, 2.75) is 39.7 Å². The number of carboxylic acid groups (broad SMARTS) is 1. The molecule has 1 aliphatic carbocycles. The Balaban J connectivity index is 2.68. The fourth-order valence-corrected chi connectivity index (χ4v) is 2.79. The van der Waals surface area contributed by atoms with E-state index in [1.165, 1.54) is 0 Å². The van der Waals surface area contributed by atoms with Crippen LogP contribution >= 0.6 is 0 Å². The molecule has 0 radical (unpaired) electrons. The molecule has 0 aromatic rings. The van der Waals surface area contributed by atoms with Gasteiger partial charge in [0.05, 0.1) is 12.5 Å². The van der Waals surface area contributed by atoms with Gasteiger partial charge in [0.15, 0.2) is 0 Å². The van der Waals surface area contributed by atoms with Gasteiger partial charge in [-0.05, 0) is 24.2 Å². The fraction of sp³-hybridized carbons (Fsp3) is 0.714. The topological polar surface area (TPSA) is 78.4 Å². The van der Waals surface area contributed by atoms with Gasteiger partial charge in [0.1, 0.15) is 0 Å². The van der Waals surface area contributed by atoms with Gasteiger partial charge in [-0.15, -0.1) is 6.42 Å². The zero-order valence-corrected chi connectivity index (χ0v) is 11.7. The fourth-order valence-electron chi connectivity index (χ4n) is 2.79. The molecule has 19 heavy (non-hydrogen) atoms. The van der Waals surface area contributed by atoms with Crippen LogP contribution < -0.4 is 10.6 Å². The van der Waals surface area contributed by atoms with E-state index >= 15 is 0 Å². The largest absolute Gasteiger partial charge is 0.481 e. The summed E-state index contributed by atoms with van der Waals surface area (Å²) in [6, 6.07) is -0.317. The van der Waals surface area contributed by atoms with Gasteiger partial charge in [-0.1, -0.05) is 26.7 Å². The maximum absolute atomic E-state index is 11.6. The molecule has 1 fully saturated rings. The molecule has 0 aliphatic heterocycles. The highest BCUT2D eigenvalue weighted by Gasteiger charge is 2.46. The standard InChI is InChI=1S/C14H22N2O3/c1-5-8-15-13(19)16-11-7-6-10(12(17)18)14(3,4)9(11)2/h1,9-11H,6-8H2,2-4H3,(H,17,18)(H2,15,16,19). The summed E-state index contributed by atoms with van der Waals surface area (Å²) in [4.78, 5) is 22.9. The maximum atomic E-state index is 11.6. The summed E-state index contributed by atoms with van der Waals surface area (Å²) < 4.78 is 0. The molecular formula is C14H22N2O3. The molecule has 5 nitrogen and oxygen atoms in total. The van der Waals surface area contributed by atoms with E-state index in [0.29, 0.717) is 12.8 Å². The summed E-state index contributed by atoms with van der Waals surface area (Å²) in [7, 11) is 0. The number of hydrogen-bond donors (Lipinski definition) is 3. The summed E-state index contributed by atoms with van der Waals surface area (Å²) in [5.74, 6) is 1.29. The van der Waals surface area contributed by atoms with Gasteiger partial charge in [0, 0.05) is 6.04 Å². The minimum atomic E-state index is -0.757. The Bertz CT molecular complexity index is 398. The van der Waals surface area contributed by atoms with Crippen molar-refractivity contribution in [3.8, 4) is 12.3 Å². The third-order valence-electron chi connectivity index (χ3n) is 4.41. The average molecular weight is 266 g/mol. The van der Waals surface area contributed by atoms with Crippen molar-refractivity contribution >= 4 is 12.0 Å². The number of carbonyl (C=O) groups excluding carboxylic acids is 1. The van der Waals surface area contributed by atoms with E-state index in [1.807, 2.05) is 20.8 Å². The zero-order valence-electron chi connectivity index (χ0n) is 11.7. The van der Waals surface area contributed by atoms with Gasteiger partial charge in [-0.2, -0.15) is 0 Å². The number of terminal acetylenes is 1. The molecule has 1 saturated carbocycles. The molecule has 0 heterocycles. The van der Waals surface area contributed by atoms with Crippen LogP contribution in [-0.4, -0.2) is 29.7 Å². The number of urea groups is 1. The molecule has 0 aromatic carbocycles. The van der Waals surface area contributed by atoms with Crippen LogP contribution in [0.2, 0.25) is 0 Å². The SMILES string of the molecule is C#CCNC(=O)NC1CCC(C(=O)O)C(C)(C)C1C. The predicted molar refractivity (Wildman–Crippen MR) is 72.5 cm³/mol. The quantitative estimate of drug-likeness (QED) is 0.676. The smallest absolute Gasteiger partial charge is 0.315 e. The Morgan fingerprint density at radius 1 is 1.42 bits per heavy atom. The minimum absolute atomic E-state index is 0.0247. The van der Waals surface area contributed by atoms with E-state index in [9.17, 15) is 14.7 Å². The molecule has 5 heteroatoms. The van der Waals surface area contributed by atoms with Crippen LogP contribution in [0.25, 0.3) is 0 Å². The molecular weight excluding hydrogens is 244 g/mol. The average Bonchev–Trinajstić information content (AvgIpc) is 2.32. The van der Waals surface area contributed by atoms with E-state index in [-0.39, 0.29) is 35.9 Å². The number of carbonyl (C=O) groups is 2. The zero-order chi connectivity index (χ0) is 14.6. The Morgan fingerprint density at radius 2 is 2.05 bits per heavy atom. The summed E-state index contributed by atoms with van der Waals surface area (Å²) in [6.07, 6.45) is 6.32. The van der Waals surface area contributed by atoms with Crippen LogP contribution in [0.4, 0.5) is 4.79 Å². The molecule has 2 amide bonds. The second kappa shape index (κ2) is 5.96. The van der Waals surface area contributed by atoms with Crippen LogP contribution in [0.1, 0.15) is 33.6 Å². The van der Waals surface area contributed by atoms with Gasteiger partial charge in [0.2, 0.25) is 0 Å². The second-order valence-corrected chi connectivity index (χ2v) is 5.72. The molecule has 3 atom stereocenters. The van der Waals surface area contributed by atoms with Gasteiger partial charge < -0.3 is 15.7 Å². The lowest BCUT2D eigenvalue weighted by molar-refractivity contribution is -0.150. The molecule has 0 bridgehead atoms. The first-order valence-corrected chi connectivity index (χ1v) is 6.51. The van der Waals surface area contributed by atoms with E-state index in [1.54, 1.807) is 0 Å². The normalized spacial score (nSPS) is 29.1. The third-order valence-corrected chi connectivity index (χ3v) is 4.41. The van der Waals surface area contributed by atoms with E-state index in [4.69, 9.17) is 6.42 Å². The number of nitrogens with one attached hydrogen (secondary N) is 2. The van der Waals surface area contributed by atoms with E-state index in [2.05, 4.69) is 16.6 Å². The Labute approximate surface area is 114 Å². The second-order valence-electron chi connectivity index (χ2n) is 5.72. The predicted octanol–water partition coefficient (Wildman–Crippen LogP) is 1.44. The van der Waals surface area contributed by atoms with Crippen molar-refractivity contribution in [1.29, 1.82) is 0 Å². The molecule has 3 N–H and O–H groups in total. The highest BCUT2D eigenvalue weighted by Crippen LogP contribution is 2.44. The van der Waals surface area contributed by atoms with Gasteiger partial charge in [0.25, 0.3) is 0 Å². The monoisotopic (exact) mass is 266 g/mol. The first-order valence-electron chi connectivity index (χ1n) is 6.51.